The molecule has 0 aliphatic heterocycles. The van der Waals surface area contributed by atoms with Gasteiger partial charge in [0.2, 0.25) is 0 Å². The van der Waals surface area contributed by atoms with Gasteiger partial charge in [0.15, 0.2) is 0 Å². The molecule has 0 spiro atoms. The fourth-order valence-corrected chi connectivity index (χ4v) is 1.54. The van der Waals surface area contributed by atoms with Crippen LogP contribution < -0.4 is 0 Å². The Morgan fingerprint density at radius 2 is 1.43 bits per heavy atom. The van der Waals surface area contributed by atoms with Gasteiger partial charge in [-0.3, -0.25) is 0 Å². The summed E-state index contributed by atoms with van der Waals surface area (Å²) in [6.45, 7) is 0. The van der Waals surface area contributed by atoms with E-state index in [1.807, 2.05) is 0 Å². The quantitative estimate of drug-likeness (QED) is 0.495. The molecule has 14 heavy (non-hydrogen) atoms. The lowest BCUT2D eigenvalue weighted by molar-refractivity contribution is -0.780. The van der Waals surface area contributed by atoms with Crippen molar-refractivity contribution in [2.24, 2.45) is 0 Å². The van der Waals surface area contributed by atoms with Crippen molar-refractivity contribution in [1.82, 2.24) is 0 Å². The van der Waals surface area contributed by atoms with E-state index in [9.17, 15) is 20.2 Å². The minimum absolute atomic E-state index is 0.196. The first-order valence-corrected chi connectivity index (χ1v) is 4.20. The predicted octanol–water partition coefficient (Wildman–Crippen LogP) is 0.714. The highest BCUT2D eigenvalue weighted by molar-refractivity contribution is 4.71. The molecule has 1 aliphatic rings. The summed E-state index contributed by atoms with van der Waals surface area (Å²) in [5.41, 5.74) is 0. The maximum atomic E-state index is 10.0. The molecule has 0 aromatic carbocycles. The summed E-state index contributed by atoms with van der Waals surface area (Å²) in [5.74, 6) is 0. The van der Waals surface area contributed by atoms with Gasteiger partial charge in [-0.05, 0) is 19.3 Å². The lowest BCUT2D eigenvalue weighted by atomic mass is 9.95. The van der Waals surface area contributed by atoms with Crippen molar-refractivity contribution in [3.63, 3.8) is 0 Å². The molecule has 0 unspecified atom stereocenters. The molecular formula is C6H10N2O6. The van der Waals surface area contributed by atoms with Crippen molar-refractivity contribution < 1.29 is 19.8 Å². The van der Waals surface area contributed by atoms with Gasteiger partial charge in [0.1, 0.15) is 12.2 Å². The average Bonchev–Trinajstić information content (AvgIpc) is 2.01. The molecule has 1 saturated carbocycles. The summed E-state index contributed by atoms with van der Waals surface area (Å²) in [6, 6.07) is 0. The van der Waals surface area contributed by atoms with Gasteiger partial charge in [-0.25, -0.2) is 0 Å². The van der Waals surface area contributed by atoms with Crippen LogP contribution in [0.2, 0.25) is 0 Å². The summed E-state index contributed by atoms with van der Waals surface area (Å²) in [4.78, 5) is 28.7. The van der Waals surface area contributed by atoms with Crippen molar-refractivity contribution in [3.05, 3.63) is 20.2 Å². The van der Waals surface area contributed by atoms with Crippen molar-refractivity contribution in [1.29, 1.82) is 0 Å². The van der Waals surface area contributed by atoms with Crippen LogP contribution in [0.3, 0.4) is 0 Å². The van der Waals surface area contributed by atoms with Crippen molar-refractivity contribution >= 4 is 0 Å². The van der Waals surface area contributed by atoms with Crippen LogP contribution in [0.5, 0.6) is 0 Å². The van der Waals surface area contributed by atoms with Crippen LogP contribution in [0.1, 0.15) is 25.7 Å². The normalized spacial score (nSPS) is 26.6. The first-order valence-electron chi connectivity index (χ1n) is 4.20. The molecule has 1 fully saturated rings. The number of nitrogens with zero attached hydrogens (tertiary/aromatic N) is 2. The van der Waals surface area contributed by atoms with E-state index in [-0.39, 0.29) is 6.42 Å². The molecule has 1 rings (SSSR count). The van der Waals surface area contributed by atoms with Crippen molar-refractivity contribution in [2.45, 2.75) is 37.9 Å². The standard InChI is InChI=1S/C6H10N2O6/c9-7(10)13-5-2-1-3-6(4-5)14-8(11)12/h5-6H,1-4H2/t5-,6+. The van der Waals surface area contributed by atoms with Crippen molar-refractivity contribution in [3.8, 4) is 0 Å². The summed E-state index contributed by atoms with van der Waals surface area (Å²) in [5, 5.41) is 18.3. The Kier molecular flexibility index (Phi) is 3.43. The molecule has 0 saturated heterocycles. The zero-order valence-corrected chi connectivity index (χ0v) is 7.33. The third kappa shape index (κ3) is 3.42. The van der Waals surface area contributed by atoms with Crippen LogP contribution in [0, 0.1) is 20.2 Å². The van der Waals surface area contributed by atoms with Crippen LogP contribution in [0.15, 0.2) is 0 Å². The lowest BCUT2D eigenvalue weighted by Gasteiger charge is -2.25. The van der Waals surface area contributed by atoms with E-state index in [0.29, 0.717) is 19.3 Å². The van der Waals surface area contributed by atoms with Crippen LogP contribution in [-0.4, -0.2) is 22.4 Å². The minimum atomic E-state index is -0.876. The van der Waals surface area contributed by atoms with E-state index < -0.39 is 22.4 Å². The monoisotopic (exact) mass is 206 g/mol. The van der Waals surface area contributed by atoms with E-state index in [1.165, 1.54) is 0 Å². The highest BCUT2D eigenvalue weighted by atomic mass is 17.0. The van der Waals surface area contributed by atoms with E-state index in [0.717, 1.165) is 0 Å². The van der Waals surface area contributed by atoms with E-state index in [4.69, 9.17) is 0 Å². The van der Waals surface area contributed by atoms with Gasteiger partial charge in [-0.2, -0.15) is 0 Å². The topological polar surface area (TPSA) is 105 Å². The lowest BCUT2D eigenvalue weighted by Crippen LogP contribution is -2.31. The Balaban J connectivity index is 2.35. The molecule has 0 heterocycles. The molecule has 0 aromatic heterocycles. The first kappa shape index (κ1) is 10.5. The second-order valence-corrected chi connectivity index (χ2v) is 3.07. The molecule has 80 valence electrons. The Hall–Kier alpha value is -1.60. The highest BCUT2D eigenvalue weighted by Gasteiger charge is 2.26. The second kappa shape index (κ2) is 4.58. The Bertz CT molecular complexity index is 210. The number of hydrogen-bond donors (Lipinski definition) is 0. The fourth-order valence-electron chi connectivity index (χ4n) is 1.54. The third-order valence-corrected chi connectivity index (χ3v) is 2.05. The predicted molar refractivity (Wildman–Crippen MR) is 42.2 cm³/mol. The van der Waals surface area contributed by atoms with Crippen molar-refractivity contribution in [2.75, 3.05) is 0 Å². The molecular weight excluding hydrogens is 196 g/mol. The third-order valence-electron chi connectivity index (χ3n) is 2.05. The second-order valence-electron chi connectivity index (χ2n) is 3.07. The minimum Gasteiger partial charge on any atom is -0.311 e. The maximum Gasteiger partial charge on any atom is 0.294 e. The molecule has 0 N–H and O–H groups in total. The van der Waals surface area contributed by atoms with Crippen LogP contribution in [-0.2, 0) is 9.68 Å². The summed E-state index contributed by atoms with van der Waals surface area (Å²) in [7, 11) is 0. The molecule has 1 aliphatic carbocycles. The van der Waals surface area contributed by atoms with Crippen LogP contribution in [0.4, 0.5) is 0 Å². The zero-order chi connectivity index (χ0) is 10.6. The maximum absolute atomic E-state index is 10.0. The van der Waals surface area contributed by atoms with Gasteiger partial charge < -0.3 is 9.68 Å². The molecule has 2 atom stereocenters. The SMILES string of the molecule is O=[N+]([O-])O[C@@H]1CCC[C@H](O[N+](=O)[O-])C1. The van der Waals surface area contributed by atoms with Crippen LogP contribution in [0.25, 0.3) is 0 Å². The molecule has 0 bridgehead atoms. The van der Waals surface area contributed by atoms with Gasteiger partial charge in [-0.15, -0.1) is 20.2 Å². The van der Waals surface area contributed by atoms with Gasteiger partial charge in [0.25, 0.3) is 10.2 Å². The summed E-state index contributed by atoms with van der Waals surface area (Å²) >= 11 is 0. The Labute approximate surface area is 79.0 Å². The zero-order valence-electron chi connectivity index (χ0n) is 7.33. The van der Waals surface area contributed by atoms with Gasteiger partial charge in [0.05, 0.1) is 0 Å². The largest absolute Gasteiger partial charge is 0.311 e. The average molecular weight is 206 g/mol. The van der Waals surface area contributed by atoms with Gasteiger partial charge in [-0.1, -0.05) is 0 Å². The molecule has 8 nitrogen and oxygen atoms in total. The van der Waals surface area contributed by atoms with Gasteiger partial charge >= 0.3 is 0 Å². The summed E-state index contributed by atoms with van der Waals surface area (Å²) < 4.78 is 0. The Morgan fingerprint density at radius 1 is 1.00 bits per heavy atom. The van der Waals surface area contributed by atoms with Gasteiger partial charge in [0, 0.05) is 6.42 Å². The number of rotatable bonds is 4. The molecule has 8 heteroatoms. The van der Waals surface area contributed by atoms with E-state index >= 15 is 0 Å². The molecule has 0 amide bonds. The fraction of sp³-hybridized carbons (Fsp3) is 1.00. The first-order chi connectivity index (χ1) is 6.58. The van der Waals surface area contributed by atoms with E-state index in [1.54, 1.807) is 0 Å². The number of hydrogen-bond acceptors (Lipinski definition) is 6. The Morgan fingerprint density at radius 3 is 1.79 bits per heavy atom. The molecule has 0 radical (unpaired) electrons. The van der Waals surface area contributed by atoms with Crippen LogP contribution >= 0.6 is 0 Å². The summed E-state index contributed by atoms with van der Waals surface area (Å²) in [6.07, 6.45) is 0.753. The van der Waals surface area contributed by atoms with E-state index in [2.05, 4.69) is 9.68 Å². The smallest absolute Gasteiger partial charge is 0.294 e. The highest BCUT2D eigenvalue weighted by Crippen LogP contribution is 2.23. The molecule has 0 aromatic rings.